The van der Waals surface area contributed by atoms with E-state index in [0.29, 0.717) is 24.5 Å². The molecule has 0 spiro atoms. The number of likely N-dealkylation sites (tertiary alicyclic amines) is 1. The van der Waals surface area contributed by atoms with Crippen molar-refractivity contribution in [2.75, 3.05) is 32.1 Å². The fourth-order valence-corrected chi connectivity index (χ4v) is 3.75. The Bertz CT molecular complexity index is 993. The summed E-state index contributed by atoms with van der Waals surface area (Å²) < 4.78 is 0. The molecule has 1 amide bonds. The summed E-state index contributed by atoms with van der Waals surface area (Å²) >= 11 is 0. The van der Waals surface area contributed by atoms with Crippen molar-refractivity contribution >= 4 is 11.7 Å². The van der Waals surface area contributed by atoms with Gasteiger partial charge in [0.2, 0.25) is 5.91 Å². The Morgan fingerprint density at radius 1 is 1.17 bits per heavy atom. The van der Waals surface area contributed by atoms with Crippen LogP contribution in [0.2, 0.25) is 0 Å². The van der Waals surface area contributed by atoms with E-state index in [4.69, 9.17) is 4.98 Å². The maximum Gasteiger partial charge on any atom is 0.227 e. The van der Waals surface area contributed by atoms with Crippen molar-refractivity contribution in [2.24, 2.45) is 0 Å². The van der Waals surface area contributed by atoms with Crippen LogP contribution in [0.1, 0.15) is 30.0 Å². The number of piperidine rings is 1. The van der Waals surface area contributed by atoms with Crippen LogP contribution in [-0.2, 0) is 11.2 Å². The van der Waals surface area contributed by atoms with Gasteiger partial charge >= 0.3 is 0 Å². The van der Waals surface area contributed by atoms with Crippen LogP contribution in [0.3, 0.4) is 0 Å². The number of benzene rings is 1. The van der Waals surface area contributed by atoms with Gasteiger partial charge in [-0.1, -0.05) is 30.3 Å². The molecule has 30 heavy (non-hydrogen) atoms. The summed E-state index contributed by atoms with van der Waals surface area (Å²) in [7, 11) is 3.92. The second-order valence-corrected chi connectivity index (χ2v) is 7.80. The predicted molar refractivity (Wildman–Crippen MR) is 116 cm³/mol. The average molecular weight is 403 g/mol. The first kappa shape index (κ1) is 19.9. The van der Waals surface area contributed by atoms with E-state index in [1.165, 1.54) is 0 Å². The maximum atomic E-state index is 12.9. The van der Waals surface area contributed by atoms with Crippen LogP contribution in [0.4, 0.5) is 5.82 Å². The fourth-order valence-electron chi connectivity index (χ4n) is 3.75. The Labute approximate surface area is 176 Å². The zero-order valence-electron chi connectivity index (χ0n) is 17.4. The van der Waals surface area contributed by atoms with Crippen LogP contribution in [-0.4, -0.2) is 57.9 Å². The molecule has 7 nitrogen and oxygen atoms in total. The second-order valence-electron chi connectivity index (χ2n) is 7.80. The van der Waals surface area contributed by atoms with Gasteiger partial charge in [-0.3, -0.25) is 9.78 Å². The van der Waals surface area contributed by atoms with Crippen molar-refractivity contribution in [1.82, 2.24) is 24.8 Å². The monoisotopic (exact) mass is 402 g/mol. The molecule has 7 heteroatoms. The van der Waals surface area contributed by atoms with Gasteiger partial charge in [-0.25, -0.2) is 15.0 Å². The molecule has 0 saturated carbocycles. The molecule has 0 aliphatic carbocycles. The fraction of sp³-hybridized carbons (Fsp3) is 0.348. The average Bonchev–Trinajstić information content (AvgIpc) is 2.80. The lowest BCUT2D eigenvalue weighted by Crippen LogP contribution is -2.40. The Morgan fingerprint density at radius 3 is 2.73 bits per heavy atom. The van der Waals surface area contributed by atoms with E-state index in [9.17, 15) is 4.79 Å². The zero-order chi connectivity index (χ0) is 20.9. The number of hydrogen-bond acceptors (Lipinski definition) is 6. The van der Waals surface area contributed by atoms with Gasteiger partial charge in [-0.2, -0.15) is 0 Å². The molecule has 0 N–H and O–H groups in total. The SMILES string of the molecule is CN(C)c1cc([C@@H]2CCCN(C(=O)Cc3ccccc3)C2)nc(-c2cnccn2)n1. The molecule has 1 aliphatic rings. The van der Waals surface area contributed by atoms with E-state index in [2.05, 4.69) is 15.0 Å². The number of hydrogen-bond donors (Lipinski definition) is 0. The van der Waals surface area contributed by atoms with Crippen molar-refractivity contribution < 1.29 is 4.79 Å². The van der Waals surface area contributed by atoms with Crippen molar-refractivity contribution in [3.8, 4) is 11.5 Å². The number of nitrogens with zero attached hydrogens (tertiary/aromatic N) is 6. The van der Waals surface area contributed by atoms with Gasteiger partial charge in [0.15, 0.2) is 5.82 Å². The lowest BCUT2D eigenvalue weighted by molar-refractivity contribution is -0.131. The minimum absolute atomic E-state index is 0.168. The first-order chi connectivity index (χ1) is 14.6. The summed E-state index contributed by atoms with van der Waals surface area (Å²) in [5.74, 6) is 1.74. The third-order valence-electron chi connectivity index (χ3n) is 5.37. The van der Waals surface area contributed by atoms with Gasteiger partial charge in [0.05, 0.1) is 18.3 Å². The third kappa shape index (κ3) is 4.62. The van der Waals surface area contributed by atoms with Crippen LogP contribution in [0.5, 0.6) is 0 Å². The number of rotatable bonds is 5. The second kappa shape index (κ2) is 8.98. The van der Waals surface area contributed by atoms with Crippen LogP contribution in [0.25, 0.3) is 11.5 Å². The summed E-state index contributed by atoms with van der Waals surface area (Å²) in [4.78, 5) is 34.8. The lowest BCUT2D eigenvalue weighted by Gasteiger charge is -2.33. The highest BCUT2D eigenvalue weighted by atomic mass is 16.2. The first-order valence-corrected chi connectivity index (χ1v) is 10.2. The summed E-state index contributed by atoms with van der Waals surface area (Å²) in [5, 5.41) is 0. The normalized spacial score (nSPS) is 16.3. The summed E-state index contributed by atoms with van der Waals surface area (Å²) in [6, 6.07) is 11.9. The van der Waals surface area contributed by atoms with Crippen molar-refractivity contribution in [3.05, 3.63) is 66.2 Å². The number of carbonyl (C=O) groups is 1. The van der Waals surface area contributed by atoms with Crippen LogP contribution >= 0.6 is 0 Å². The first-order valence-electron chi connectivity index (χ1n) is 10.2. The summed E-state index contributed by atoms with van der Waals surface area (Å²) in [6.07, 6.45) is 7.36. The summed E-state index contributed by atoms with van der Waals surface area (Å²) in [5.41, 5.74) is 2.65. The van der Waals surface area contributed by atoms with Gasteiger partial charge in [-0.15, -0.1) is 0 Å². The molecule has 1 aliphatic heterocycles. The molecule has 1 aromatic carbocycles. The smallest absolute Gasteiger partial charge is 0.227 e. The van der Waals surface area contributed by atoms with Gasteiger partial charge in [0.25, 0.3) is 0 Å². The summed E-state index contributed by atoms with van der Waals surface area (Å²) in [6.45, 7) is 1.47. The van der Waals surface area contributed by atoms with Crippen molar-refractivity contribution in [3.63, 3.8) is 0 Å². The van der Waals surface area contributed by atoms with E-state index in [1.54, 1.807) is 18.6 Å². The third-order valence-corrected chi connectivity index (χ3v) is 5.37. The largest absolute Gasteiger partial charge is 0.363 e. The maximum absolute atomic E-state index is 12.9. The zero-order valence-corrected chi connectivity index (χ0v) is 17.4. The van der Waals surface area contributed by atoms with E-state index in [-0.39, 0.29) is 11.8 Å². The molecule has 0 bridgehead atoms. The van der Waals surface area contributed by atoms with Crippen LogP contribution in [0, 0.1) is 0 Å². The minimum atomic E-state index is 0.168. The van der Waals surface area contributed by atoms with Gasteiger partial charge < -0.3 is 9.80 Å². The molecule has 0 radical (unpaired) electrons. The predicted octanol–water partition coefficient (Wildman–Crippen LogP) is 2.95. The van der Waals surface area contributed by atoms with Crippen molar-refractivity contribution in [2.45, 2.75) is 25.2 Å². The standard InChI is InChI=1S/C23H26N6O/c1-28(2)21-14-19(26-23(27-21)20-15-24-10-11-25-20)18-9-6-12-29(16-18)22(30)13-17-7-4-3-5-8-17/h3-5,7-8,10-11,14-15,18H,6,9,12-13,16H2,1-2H3/t18-/m1/s1. The highest BCUT2D eigenvalue weighted by Gasteiger charge is 2.27. The molecule has 0 unspecified atom stereocenters. The molecule has 1 saturated heterocycles. The molecular weight excluding hydrogens is 376 g/mol. The number of anilines is 1. The molecule has 4 rings (SSSR count). The molecular formula is C23H26N6O. The molecule has 2 aromatic heterocycles. The Balaban J connectivity index is 1.56. The van der Waals surface area contributed by atoms with Crippen LogP contribution in [0.15, 0.2) is 55.0 Å². The molecule has 154 valence electrons. The van der Waals surface area contributed by atoms with E-state index in [0.717, 1.165) is 36.5 Å². The quantitative estimate of drug-likeness (QED) is 0.653. The Hall–Kier alpha value is -3.35. The minimum Gasteiger partial charge on any atom is -0.363 e. The van der Waals surface area contributed by atoms with Gasteiger partial charge in [-0.05, 0) is 18.4 Å². The number of aromatic nitrogens is 4. The van der Waals surface area contributed by atoms with E-state index in [1.807, 2.05) is 60.3 Å². The number of carbonyl (C=O) groups excluding carboxylic acids is 1. The Morgan fingerprint density at radius 2 is 2.00 bits per heavy atom. The molecule has 3 heterocycles. The van der Waals surface area contributed by atoms with Gasteiger partial charge in [0.1, 0.15) is 11.5 Å². The lowest BCUT2D eigenvalue weighted by atomic mass is 9.93. The highest BCUT2D eigenvalue weighted by molar-refractivity contribution is 5.79. The van der Waals surface area contributed by atoms with E-state index < -0.39 is 0 Å². The molecule has 1 atom stereocenters. The van der Waals surface area contributed by atoms with E-state index >= 15 is 0 Å². The number of amides is 1. The molecule has 3 aromatic rings. The van der Waals surface area contributed by atoms with Crippen LogP contribution < -0.4 is 4.90 Å². The van der Waals surface area contributed by atoms with Gasteiger partial charge in [0, 0.05) is 51.6 Å². The highest BCUT2D eigenvalue weighted by Crippen LogP contribution is 2.29. The molecule has 1 fully saturated rings. The topological polar surface area (TPSA) is 75.1 Å². The Kier molecular flexibility index (Phi) is 5.97. The van der Waals surface area contributed by atoms with Crippen molar-refractivity contribution in [1.29, 1.82) is 0 Å².